The van der Waals surface area contributed by atoms with Crippen molar-refractivity contribution in [3.8, 4) is 6.07 Å². The lowest BCUT2D eigenvalue weighted by Gasteiger charge is -2.21. The molecule has 2 aromatic rings. The van der Waals surface area contributed by atoms with E-state index in [2.05, 4.69) is 37.9 Å². The fraction of sp³-hybridized carbons (Fsp3) is 0.533. The molecular weight excluding hydrogens is 264 g/mol. The lowest BCUT2D eigenvalue weighted by atomic mass is 10.2. The van der Waals surface area contributed by atoms with E-state index >= 15 is 0 Å². The normalized spacial score (nSPS) is 27.5. The highest BCUT2D eigenvalue weighted by atomic mass is 15.2. The Bertz CT molecular complexity index is 689. The van der Waals surface area contributed by atoms with E-state index in [1.165, 1.54) is 0 Å². The van der Waals surface area contributed by atoms with Gasteiger partial charge in [-0.15, -0.1) is 0 Å². The summed E-state index contributed by atoms with van der Waals surface area (Å²) in [5, 5.41) is 9.83. The third-order valence-electron chi connectivity index (χ3n) is 4.92. The number of fused-ring (bicyclic) bond motifs is 2. The van der Waals surface area contributed by atoms with Gasteiger partial charge in [0.05, 0.1) is 18.0 Å². The highest BCUT2D eigenvalue weighted by molar-refractivity contribution is 5.87. The number of nitrogens with one attached hydrogen (secondary N) is 1. The van der Waals surface area contributed by atoms with E-state index in [0.717, 1.165) is 54.2 Å². The van der Waals surface area contributed by atoms with Gasteiger partial charge in [0.1, 0.15) is 17.8 Å². The minimum atomic E-state index is 0.575. The van der Waals surface area contributed by atoms with E-state index in [4.69, 9.17) is 5.26 Å². The first-order valence-corrected chi connectivity index (χ1v) is 7.36. The van der Waals surface area contributed by atoms with Crippen molar-refractivity contribution in [3.63, 3.8) is 0 Å². The molecule has 21 heavy (non-hydrogen) atoms. The standard InChI is InChI=1S/C15H18N6/c1-20(15-10-2-4-17-14(10)18-9-19-15)6-11-12-7-21(5-3-16)8-13(11)12/h2,4,9,11-13H,5-8H2,1H3,(H,17,18,19)/t11-,12-,13+. The molecule has 1 saturated carbocycles. The van der Waals surface area contributed by atoms with Crippen LogP contribution in [-0.2, 0) is 0 Å². The van der Waals surface area contributed by atoms with Gasteiger partial charge in [-0.2, -0.15) is 5.26 Å². The third kappa shape index (κ3) is 2.05. The van der Waals surface area contributed by atoms with Crippen LogP contribution in [-0.4, -0.2) is 53.1 Å². The van der Waals surface area contributed by atoms with Crippen LogP contribution >= 0.6 is 0 Å². The van der Waals surface area contributed by atoms with Crippen molar-refractivity contribution < 1.29 is 0 Å². The number of nitriles is 1. The Morgan fingerprint density at radius 1 is 1.43 bits per heavy atom. The van der Waals surface area contributed by atoms with E-state index in [9.17, 15) is 0 Å². The highest BCUT2D eigenvalue weighted by Crippen LogP contribution is 2.52. The molecule has 4 rings (SSSR count). The second kappa shape index (κ2) is 4.71. The zero-order valence-electron chi connectivity index (χ0n) is 12.0. The van der Waals surface area contributed by atoms with Crippen LogP contribution in [0.4, 0.5) is 5.82 Å². The van der Waals surface area contributed by atoms with Crippen LogP contribution in [0.2, 0.25) is 0 Å². The number of rotatable bonds is 4. The average molecular weight is 282 g/mol. The minimum Gasteiger partial charge on any atom is -0.359 e. The van der Waals surface area contributed by atoms with E-state index in [-0.39, 0.29) is 0 Å². The third-order valence-corrected chi connectivity index (χ3v) is 4.92. The maximum absolute atomic E-state index is 8.75. The maximum Gasteiger partial charge on any atom is 0.142 e. The summed E-state index contributed by atoms with van der Waals surface area (Å²) in [7, 11) is 2.11. The molecule has 2 aromatic heterocycles. The molecule has 0 aromatic carbocycles. The van der Waals surface area contributed by atoms with Crippen LogP contribution in [0.25, 0.3) is 11.0 Å². The molecule has 1 N–H and O–H groups in total. The minimum absolute atomic E-state index is 0.575. The number of anilines is 1. The predicted molar refractivity (Wildman–Crippen MR) is 79.7 cm³/mol. The number of hydrogen-bond acceptors (Lipinski definition) is 5. The number of aromatic nitrogens is 3. The fourth-order valence-corrected chi connectivity index (χ4v) is 3.80. The number of H-pyrrole nitrogens is 1. The summed E-state index contributed by atoms with van der Waals surface area (Å²) >= 11 is 0. The molecule has 1 aliphatic heterocycles. The molecular formula is C15H18N6. The van der Waals surface area contributed by atoms with Crippen molar-refractivity contribution in [2.24, 2.45) is 17.8 Å². The molecule has 2 fully saturated rings. The van der Waals surface area contributed by atoms with Crippen LogP contribution in [0.15, 0.2) is 18.6 Å². The Morgan fingerprint density at radius 2 is 2.24 bits per heavy atom. The summed E-state index contributed by atoms with van der Waals surface area (Å²) in [5.74, 6) is 3.28. The lowest BCUT2D eigenvalue weighted by molar-refractivity contribution is 0.318. The molecule has 108 valence electrons. The van der Waals surface area contributed by atoms with Crippen LogP contribution in [0.5, 0.6) is 0 Å². The number of piperidine rings is 1. The zero-order valence-corrected chi connectivity index (χ0v) is 12.0. The van der Waals surface area contributed by atoms with Crippen molar-refractivity contribution in [1.29, 1.82) is 5.26 Å². The molecule has 1 saturated heterocycles. The van der Waals surface area contributed by atoms with Gasteiger partial charge in [0.25, 0.3) is 0 Å². The highest BCUT2D eigenvalue weighted by Gasteiger charge is 2.55. The van der Waals surface area contributed by atoms with Crippen molar-refractivity contribution in [2.75, 3.05) is 38.1 Å². The van der Waals surface area contributed by atoms with Crippen molar-refractivity contribution in [3.05, 3.63) is 18.6 Å². The molecule has 0 unspecified atom stereocenters. The Hall–Kier alpha value is -2.13. The second-order valence-electron chi connectivity index (χ2n) is 6.16. The molecule has 0 radical (unpaired) electrons. The van der Waals surface area contributed by atoms with Gasteiger partial charge in [-0.05, 0) is 23.8 Å². The maximum atomic E-state index is 8.75. The van der Waals surface area contributed by atoms with E-state index in [1.807, 2.05) is 12.3 Å². The van der Waals surface area contributed by atoms with Gasteiger partial charge in [-0.25, -0.2) is 9.97 Å². The van der Waals surface area contributed by atoms with E-state index in [0.29, 0.717) is 6.54 Å². The fourth-order valence-electron chi connectivity index (χ4n) is 3.80. The van der Waals surface area contributed by atoms with E-state index in [1.54, 1.807) is 6.33 Å². The van der Waals surface area contributed by atoms with Crippen LogP contribution in [0.1, 0.15) is 0 Å². The Kier molecular flexibility index (Phi) is 2.82. The molecule has 3 heterocycles. The first kappa shape index (κ1) is 12.6. The summed E-state index contributed by atoms with van der Waals surface area (Å²) in [4.78, 5) is 16.3. The number of likely N-dealkylation sites (tertiary alicyclic amines) is 1. The number of nitrogens with zero attached hydrogens (tertiary/aromatic N) is 5. The number of hydrogen-bond donors (Lipinski definition) is 1. The largest absolute Gasteiger partial charge is 0.359 e. The van der Waals surface area contributed by atoms with Gasteiger partial charge in [-0.1, -0.05) is 0 Å². The average Bonchev–Trinajstić information content (AvgIpc) is 2.90. The first-order valence-electron chi connectivity index (χ1n) is 7.36. The van der Waals surface area contributed by atoms with Crippen LogP contribution in [0, 0.1) is 29.1 Å². The summed E-state index contributed by atoms with van der Waals surface area (Å²) in [6.07, 6.45) is 3.52. The van der Waals surface area contributed by atoms with Crippen LogP contribution < -0.4 is 4.90 Å². The monoisotopic (exact) mass is 282 g/mol. The number of aromatic amines is 1. The van der Waals surface area contributed by atoms with Gasteiger partial charge in [0, 0.05) is 32.9 Å². The Balaban J connectivity index is 1.43. The summed E-state index contributed by atoms with van der Waals surface area (Å²) < 4.78 is 0. The van der Waals surface area contributed by atoms with Crippen molar-refractivity contribution in [2.45, 2.75) is 0 Å². The predicted octanol–water partition coefficient (Wildman–Crippen LogP) is 1.10. The van der Waals surface area contributed by atoms with Gasteiger partial charge >= 0.3 is 0 Å². The molecule has 6 heteroatoms. The zero-order chi connectivity index (χ0) is 14.4. The molecule has 0 amide bonds. The molecule has 2 aliphatic rings. The van der Waals surface area contributed by atoms with Crippen molar-refractivity contribution >= 4 is 16.9 Å². The molecule has 1 aliphatic carbocycles. The Labute approximate surface area is 123 Å². The molecule has 6 nitrogen and oxygen atoms in total. The summed E-state index contributed by atoms with van der Waals surface area (Å²) in [6, 6.07) is 4.28. The molecule has 3 atom stereocenters. The summed E-state index contributed by atoms with van der Waals surface area (Å²) in [5.41, 5.74) is 0.892. The van der Waals surface area contributed by atoms with Gasteiger partial charge in [-0.3, -0.25) is 4.90 Å². The lowest BCUT2D eigenvalue weighted by Crippen LogP contribution is -2.29. The Morgan fingerprint density at radius 3 is 3.00 bits per heavy atom. The molecule has 0 spiro atoms. The SMILES string of the molecule is CN(C[C@H]1[C@@H]2CN(CC#N)C[C@@H]21)c1ncnc2[nH]ccc12. The topological polar surface area (TPSA) is 71.8 Å². The smallest absolute Gasteiger partial charge is 0.142 e. The molecule has 0 bridgehead atoms. The first-order chi connectivity index (χ1) is 10.3. The van der Waals surface area contributed by atoms with Crippen LogP contribution in [0.3, 0.4) is 0 Å². The quantitative estimate of drug-likeness (QED) is 0.850. The van der Waals surface area contributed by atoms with E-state index < -0.39 is 0 Å². The second-order valence-corrected chi connectivity index (χ2v) is 6.16. The van der Waals surface area contributed by atoms with Gasteiger partial charge in [0.2, 0.25) is 0 Å². The van der Waals surface area contributed by atoms with Gasteiger partial charge in [0.15, 0.2) is 0 Å². The summed E-state index contributed by atoms with van der Waals surface area (Å²) in [6.45, 7) is 3.78. The van der Waals surface area contributed by atoms with Gasteiger partial charge < -0.3 is 9.88 Å². The van der Waals surface area contributed by atoms with Crippen molar-refractivity contribution in [1.82, 2.24) is 19.9 Å².